The van der Waals surface area contributed by atoms with Gasteiger partial charge in [0.05, 0.1) is 25.3 Å². The average molecular weight is 586 g/mol. The van der Waals surface area contributed by atoms with Crippen molar-refractivity contribution in [1.29, 1.82) is 0 Å². The molecule has 3 aromatic rings. The minimum absolute atomic E-state index is 0.0336. The van der Waals surface area contributed by atoms with Crippen molar-refractivity contribution in [3.63, 3.8) is 0 Å². The van der Waals surface area contributed by atoms with Crippen LogP contribution < -0.4 is 16.3 Å². The van der Waals surface area contributed by atoms with E-state index in [1.165, 1.54) is 19.2 Å². The molecule has 1 aromatic heterocycles. The van der Waals surface area contributed by atoms with Crippen molar-refractivity contribution in [2.45, 2.75) is 5.25 Å². The molecule has 2 heterocycles. The minimum Gasteiger partial charge on any atom is -0.465 e. The van der Waals surface area contributed by atoms with Crippen molar-refractivity contribution in [3.8, 4) is 0 Å². The quantitative estimate of drug-likeness (QED) is 0.443. The summed E-state index contributed by atoms with van der Waals surface area (Å²) < 4.78 is 11.0. The number of hydrogen-bond donors (Lipinski definition) is 1. The first-order chi connectivity index (χ1) is 17.1. The monoisotopic (exact) mass is 584 g/mol. The summed E-state index contributed by atoms with van der Waals surface area (Å²) >= 11 is 25.7. The van der Waals surface area contributed by atoms with Gasteiger partial charge in [0.2, 0.25) is 5.91 Å². The lowest BCUT2D eigenvalue weighted by molar-refractivity contribution is -0.133. The van der Waals surface area contributed by atoms with E-state index in [1.807, 2.05) is 0 Å². The van der Waals surface area contributed by atoms with Crippen LogP contribution in [0.3, 0.4) is 0 Å². The first kappa shape index (κ1) is 26.4. The fourth-order valence-corrected chi connectivity index (χ4v) is 6.07. The van der Waals surface area contributed by atoms with Crippen LogP contribution in [0.15, 0.2) is 36.4 Å². The summed E-state index contributed by atoms with van der Waals surface area (Å²) in [4.78, 5) is 39.7. The number of nitrogens with two attached hydrogens (primary N) is 1. The zero-order valence-electron chi connectivity index (χ0n) is 18.6. The molecular formula is C24H16Cl4N2O5S. The standard InChI is InChI=1S/C24H16Cl4N2O5S/c1-34-23(32)19-17(29)14(7-10-3-4-11(25)8-15(10)27)18-21(24(33)35-2)36-20(22(31)30(18)19)13-6-5-12(26)9-16(13)28/h3-9,20H,29H2,1-2H3/b14-7+. The van der Waals surface area contributed by atoms with Gasteiger partial charge in [-0.05, 0) is 41.5 Å². The van der Waals surface area contributed by atoms with Gasteiger partial charge in [-0.3, -0.25) is 9.36 Å². The molecule has 12 heteroatoms. The summed E-state index contributed by atoms with van der Waals surface area (Å²) in [6.07, 6.45) is 1.55. The number of fused-ring (bicyclic) bond motifs is 1. The van der Waals surface area contributed by atoms with Crippen molar-refractivity contribution < 1.29 is 23.9 Å². The normalized spacial score (nSPS) is 15.6. The van der Waals surface area contributed by atoms with Gasteiger partial charge in [0.1, 0.15) is 10.2 Å². The molecule has 7 nitrogen and oxygen atoms in total. The molecule has 0 radical (unpaired) electrons. The number of methoxy groups -OCH3 is 2. The van der Waals surface area contributed by atoms with Gasteiger partial charge >= 0.3 is 11.9 Å². The Morgan fingerprint density at radius 2 is 1.58 bits per heavy atom. The molecule has 1 aliphatic heterocycles. The molecule has 4 rings (SSSR count). The predicted octanol–water partition coefficient (Wildman–Crippen LogP) is 4.71. The number of nitrogen functional groups attached to an aromatic ring is 1. The summed E-state index contributed by atoms with van der Waals surface area (Å²) in [5.41, 5.74) is 6.94. The van der Waals surface area contributed by atoms with Crippen molar-refractivity contribution in [1.82, 2.24) is 4.57 Å². The van der Waals surface area contributed by atoms with Gasteiger partial charge in [-0.2, -0.15) is 0 Å². The number of aromatic nitrogens is 1. The molecule has 0 spiro atoms. The number of rotatable bonds is 4. The number of thioether (sulfide) groups is 1. The zero-order chi connectivity index (χ0) is 26.3. The lowest BCUT2D eigenvalue weighted by atomic mass is 10.1. The van der Waals surface area contributed by atoms with E-state index in [2.05, 4.69) is 0 Å². The van der Waals surface area contributed by atoms with Crippen LogP contribution in [0.4, 0.5) is 5.69 Å². The molecule has 0 saturated heterocycles. The Hall–Kier alpha value is -2.62. The third kappa shape index (κ3) is 4.60. The van der Waals surface area contributed by atoms with E-state index in [0.29, 0.717) is 26.2 Å². The number of carbonyl (C=O) groups excluding carboxylic acids is 3. The van der Waals surface area contributed by atoms with Gasteiger partial charge in [-0.1, -0.05) is 70.3 Å². The predicted molar refractivity (Wildman–Crippen MR) is 142 cm³/mol. The Bertz CT molecular complexity index is 1570. The molecule has 1 atom stereocenters. The van der Waals surface area contributed by atoms with Gasteiger partial charge in [-0.25, -0.2) is 9.59 Å². The number of nitrogens with zero attached hydrogens (tertiary/aromatic N) is 1. The molecule has 2 N–H and O–H groups in total. The number of halogens is 4. The summed E-state index contributed by atoms with van der Waals surface area (Å²) in [5.74, 6) is -2.18. The first-order valence-electron chi connectivity index (χ1n) is 10.1. The van der Waals surface area contributed by atoms with Crippen molar-refractivity contribution in [2.24, 2.45) is 0 Å². The highest BCUT2D eigenvalue weighted by atomic mass is 35.5. The molecule has 2 aromatic carbocycles. The zero-order valence-corrected chi connectivity index (χ0v) is 22.4. The second-order valence-electron chi connectivity index (χ2n) is 7.48. The first-order valence-corrected chi connectivity index (χ1v) is 12.5. The molecule has 0 fully saturated rings. The van der Waals surface area contributed by atoms with Crippen LogP contribution in [-0.4, -0.2) is 36.6 Å². The van der Waals surface area contributed by atoms with Crippen LogP contribution >= 0.6 is 58.2 Å². The van der Waals surface area contributed by atoms with Gasteiger partial charge in [0.15, 0.2) is 5.69 Å². The second-order valence-corrected chi connectivity index (χ2v) is 10.3. The maximum Gasteiger partial charge on any atom is 0.357 e. The van der Waals surface area contributed by atoms with E-state index >= 15 is 0 Å². The Kier molecular flexibility index (Phi) is 7.64. The highest BCUT2D eigenvalue weighted by molar-refractivity contribution is 8.10. The molecule has 0 aliphatic carbocycles. The van der Waals surface area contributed by atoms with Crippen molar-refractivity contribution >= 4 is 92.7 Å². The number of anilines is 1. The Morgan fingerprint density at radius 3 is 2.17 bits per heavy atom. The van der Waals surface area contributed by atoms with E-state index in [9.17, 15) is 14.4 Å². The van der Waals surface area contributed by atoms with Crippen LogP contribution in [0.25, 0.3) is 11.0 Å². The van der Waals surface area contributed by atoms with Crippen LogP contribution in [0, 0.1) is 0 Å². The minimum atomic E-state index is -1.02. The Morgan fingerprint density at radius 1 is 0.972 bits per heavy atom. The third-order valence-corrected chi connectivity index (χ3v) is 7.81. The fraction of sp³-hybridized carbons (Fsp3) is 0.125. The average Bonchev–Trinajstić information content (AvgIpc) is 3.13. The number of benzene rings is 2. The van der Waals surface area contributed by atoms with Crippen molar-refractivity contribution in [2.75, 3.05) is 20.0 Å². The van der Waals surface area contributed by atoms with E-state index < -0.39 is 23.1 Å². The van der Waals surface area contributed by atoms with E-state index in [0.717, 1.165) is 23.4 Å². The van der Waals surface area contributed by atoms with Gasteiger partial charge < -0.3 is 15.2 Å². The highest BCUT2D eigenvalue weighted by Crippen LogP contribution is 2.42. The third-order valence-electron chi connectivity index (χ3n) is 5.40. The van der Waals surface area contributed by atoms with Gasteiger partial charge in [0, 0.05) is 25.3 Å². The number of hydrogen-bond acceptors (Lipinski definition) is 7. The maximum absolute atomic E-state index is 13.8. The van der Waals surface area contributed by atoms with Crippen LogP contribution in [0.1, 0.15) is 31.7 Å². The lowest BCUT2D eigenvalue weighted by Gasteiger charge is -2.24. The highest BCUT2D eigenvalue weighted by Gasteiger charge is 2.39. The molecular weight excluding hydrogens is 570 g/mol. The molecule has 0 bridgehead atoms. The van der Waals surface area contributed by atoms with E-state index in [-0.39, 0.29) is 31.9 Å². The lowest BCUT2D eigenvalue weighted by Crippen LogP contribution is -2.42. The fourth-order valence-electron chi connectivity index (χ4n) is 3.76. The number of carbonyl (C=O) groups is 3. The SMILES string of the molecule is COC(=O)C1=c2/c(=C/c3ccc(Cl)cc3Cl)c(N)c(C(=O)OC)n2C(=O)C(c2ccc(Cl)cc2Cl)S1. The summed E-state index contributed by atoms with van der Waals surface area (Å²) in [6, 6.07) is 9.40. The molecule has 186 valence electrons. The molecule has 1 aliphatic rings. The smallest absolute Gasteiger partial charge is 0.357 e. The van der Waals surface area contributed by atoms with Crippen molar-refractivity contribution in [3.05, 3.63) is 83.9 Å². The molecule has 0 amide bonds. The van der Waals surface area contributed by atoms with E-state index in [4.69, 9.17) is 61.6 Å². The second kappa shape index (κ2) is 10.4. The maximum atomic E-state index is 13.8. The molecule has 0 saturated carbocycles. The van der Waals surface area contributed by atoms with Gasteiger partial charge in [-0.15, -0.1) is 0 Å². The molecule has 1 unspecified atom stereocenters. The molecule has 36 heavy (non-hydrogen) atoms. The number of esters is 2. The Balaban J connectivity index is 2.13. The topological polar surface area (TPSA) is 101 Å². The van der Waals surface area contributed by atoms with E-state index in [1.54, 1.807) is 30.3 Å². The summed E-state index contributed by atoms with van der Waals surface area (Å²) in [5, 5.41) is 0.547. The summed E-state index contributed by atoms with van der Waals surface area (Å²) in [6.45, 7) is 0. The van der Waals surface area contributed by atoms with Crippen LogP contribution in [0.2, 0.25) is 20.1 Å². The van der Waals surface area contributed by atoms with Crippen LogP contribution in [0.5, 0.6) is 0 Å². The summed E-state index contributed by atoms with van der Waals surface area (Å²) in [7, 11) is 2.36. The Labute approximate surface area is 229 Å². The number of ether oxygens (including phenoxy) is 2. The largest absolute Gasteiger partial charge is 0.465 e. The van der Waals surface area contributed by atoms with Gasteiger partial charge in [0.25, 0.3) is 0 Å². The van der Waals surface area contributed by atoms with Crippen LogP contribution in [-0.2, 0) is 14.3 Å².